The quantitative estimate of drug-likeness (QED) is 0.834. The van der Waals surface area contributed by atoms with Gasteiger partial charge in [0.1, 0.15) is 11.6 Å². The van der Waals surface area contributed by atoms with Crippen LogP contribution < -0.4 is 5.73 Å². The third kappa shape index (κ3) is 3.24. The van der Waals surface area contributed by atoms with Crippen molar-refractivity contribution in [2.75, 3.05) is 0 Å². The Morgan fingerprint density at radius 1 is 1.36 bits per heavy atom. The fraction of sp³-hybridized carbons (Fsp3) is 0.400. The van der Waals surface area contributed by atoms with Crippen LogP contribution in [0.3, 0.4) is 0 Å². The largest absolute Gasteiger partial charge is 0.324 e. The fourth-order valence-electron chi connectivity index (χ4n) is 1.27. The van der Waals surface area contributed by atoms with Gasteiger partial charge in [0.25, 0.3) is 0 Å². The molecule has 0 aliphatic heterocycles. The molecular weight excluding hydrogens is 208 g/mol. The molecule has 0 aliphatic rings. The second-order valence-electron chi connectivity index (χ2n) is 3.06. The predicted molar refractivity (Wildman–Crippen MR) is 55.4 cm³/mol. The first-order chi connectivity index (χ1) is 6.15. The number of nitrogens with two attached hydrogens (primary N) is 1. The number of hydrogen-bond acceptors (Lipinski definition) is 1. The van der Waals surface area contributed by atoms with Crippen LogP contribution in [0.4, 0.5) is 8.78 Å². The first kappa shape index (κ1) is 13.3. The first-order valence-corrected chi connectivity index (χ1v) is 4.35. The molecule has 1 aromatic carbocycles. The summed E-state index contributed by atoms with van der Waals surface area (Å²) in [5.41, 5.74) is 5.93. The van der Waals surface area contributed by atoms with Gasteiger partial charge in [-0.1, -0.05) is 13.3 Å². The van der Waals surface area contributed by atoms with E-state index in [0.717, 1.165) is 24.6 Å². The van der Waals surface area contributed by atoms with E-state index < -0.39 is 17.7 Å². The molecule has 0 saturated heterocycles. The van der Waals surface area contributed by atoms with Gasteiger partial charge in [-0.3, -0.25) is 0 Å². The summed E-state index contributed by atoms with van der Waals surface area (Å²) >= 11 is 0. The molecule has 14 heavy (non-hydrogen) atoms. The zero-order chi connectivity index (χ0) is 9.84. The fourth-order valence-corrected chi connectivity index (χ4v) is 1.27. The molecule has 1 rings (SSSR count). The van der Waals surface area contributed by atoms with Crippen LogP contribution in [0.1, 0.15) is 31.4 Å². The Morgan fingerprint density at radius 3 is 2.57 bits per heavy atom. The van der Waals surface area contributed by atoms with Crippen LogP contribution in [0.2, 0.25) is 0 Å². The van der Waals surface area contributed by atoms with Crippen molar-refractivity contribution >= 4 is 12.4 Å². The molecule has 80 valence electrons. The van der Waals surface area contributed by atoms with E-state index >= 15 is 0 Å². The van der Waals surface area contributed by atoms with Gasteiger partial charge >= 0.3 is 0 Å². The minimum Gasteiger partial charge on any atom is -0.324 e. The average Bonchev–Trinajstić information content (AvgIpc) is 2.09. The molecule has 4 heteroatoms. The summed E-state index contributed by atoms with van der Waals surface area (Å²) in [4.78, 5) is 0. The number of halogens is 3. The van der Waals surface area contributed by atoms with E-state index in [2.05, 4.69) is 0 Å². The molecule has 0 radical (unpaired) electrons. The Hall–Kier alpha value is -0.670. The van der Waals surface area contributed by atoms with Gasteiger partial charge in [-0.05, 0) is 24.6 Å². The smallest absolute Gasteiger partial charge is 0.128 e. The second kappa shape index (κ2) is 5.94. The molecule has 1 atom stereocenters. The van der Waals surface area contributed by atoms with Gasteiger partial charge in [-0.2, -0.15) is 0 Å². The lowest BCUT2D eigenvalue weighted by atomic mass is 10.0. The van der Waals surface area contributed by atoms with Crippen molar-refractivity contribution < 1.29 is 8.78 Å². The molecule has 0 aromatic heterocycles. The van der Waals surface area contributed by atoms with Crippen LogP contribution in [0.5, 0.6) is 0 Å². The molecule has 0 unspecified atom stereocenters. The summed E-state index contributed by atoms with van der Waals surface area (Å²) in [6.07, 6.45) is 1.53. The highest BCUT2D eigenvalue weighted by Crippen LogP contribution is 2.19. The Kier molecular flexibility index (Phi) is 5.65. The molecule has 1 aromatic rings. The van der Waals surface area contributed by atoms with E-state index in [4.69, 9.17) is 5.73 Å². The molecule has 0 aliphatic carbocycles. The Balaban J connectivity index is 0.00000169. The predicted octanol–water partition coefficient (Wildman–Crippen LogP) is 3.19. The van der Waals surface area contributed by atoms with Crippen molar-refractivity contribution in [3.63, 3.8) is 0 Å². The summed E-state index contributed by atoms with van der Waals surface area (Å²) in [5, 5.41) is 0. The van der Waals surface area contributed by atoms with Crippen molar-refractivity contribution in [2.45, 2.75) is 25.8 Å². The highest BCUT2D eigenvalue weighted by molar-refractivity contribution is 5.85. The third-order valence-corrected chi connectivity index (χ3v) is 1.96. The minimum absolute atomic E-state index is 0. The molecule has 0 amide bonds. The van der Waals surface area contributed by atoms with Gasteiger partial charge in [0.15, 0.2) is 0 Å². The van der Waals surface area contributed by atoms with Crippen molar-refractivity contribution in [2.24, 2.45) is 5.73 Å². The van der Waals surface area contributed by atoms with Crippen LogP contribution in [-0.2, 0) is 0 Å². The van der Waals surface area contributed by atoms with Gasteiger partial charge in [0.05, 0.1) is 0 Å². The lowest BCUT2D eigenvalue weighted by molar-refractivity contribution is 0.545. The van der Waals surface area contributed by atoms with Crippen LogP contribution in [0.15, 0.2) is 18.2 Å². The number of rotatable bonds is 3. The summed E-state index contributed by atoms with van der Waals surface area (Å²) in [6.45, 7) is 1.96. The van der Waals surface area contributed by atoms with E-state index in [1.807, 2.05) is 6.92 Å². The zero-order valence-electron chi connectivity index (χ0n) is 7.97. The maximum atomic E-state index is 13.1. The molecular formula is C10H14ClF2N. The van der Waals surface area contributed by atoms with E-state index in [9.17, 15) is 8.78 Å². The van der Waals surface area contributed by atoms with Crippen molar-refractivity contribution in [1.82, 2.24) is 0 Å². The molecule has 0 fully saturated rings. The average molecular weight is 222 g/mol. The SMILES string of the molecule is CCC[C@@H](N)c1cc(F)ccc1F.Cl. The third-order valence-electron chi connectivity index (χ3n) is 1.96. The van der Waals surface area contributed by atoms with Crippen LogP contribution in [-0.4, -0.2) is 0 Å². The van der Waals surface area contributed by atoms with E-state index in [0.29, 0.717) is 6.42 Å². The van der Waals surface area contributed by atoms with Gasteiger partial charge in [0, 0.05) is 11.6 Å². The number of benzene rings is 1. The Morgan fingerprint density at radius 2 is 2.00 bits per heavy atom. The zero-order valence-corrected chi connectivity index (χ0v) is 8.78. The van der Waals surface area contributed by atoms with Crippen molar-refractivity contribution in [3.05, 3.63) is 35.4 Å². The second-order valence-corrected chi connectivity index (χ2v) is 3.06. The standard InChI is InChI=1S/C10H13F2N.ClH/c1-2-3-10(13)8-6-7(11)4-5-9(8)12;/h4-6,10H,2-3,13H2,1H3;1H/t10-;/m1./s1. The van der Waals surface area contributed by atoms with Crippen LogP contribution in [0.25, 0.3) is 0 Å². The van der Waals surface area contributed by atoms with Gasteiger partial charge in [0.2, 0.25) is 0 Å². The van der Waals surface area contributed by atoms with Gasteiger partial charge in [-0.15, -0.1) is 12.4 Å². The highest BCUT2D eigenvalue weighted by atomic mass is 35.5. The Bertz CT molecular complexity index is 291. The van der Waals surface area contributed by atoms with E-state index in [1.165, 1.54) is 0 Å². The van der Waals surface area contributed by atoms with E-state index in [-0.39, 0.29) is 18.0 Å². The summed E-state index contributed by atoms with van der Waals surface area (Å²) in [5.74, 6) is -0.870. The monoisotopic (exact) mass is 221 g/mol. The normalized spacial score (nSPS) is 12.0. The summed E-state index contributed by atoms with van der Waals surface area (Å²) in [7, 11) is 0. The molecule has 0 bridgehead atoms. The van der Waals surface area contributed by atoms with Crippen molar-refractivity contribution in [3.8, 4) is 0 Å². The van der Waals surface area contributed by atoms with Crippen LogP contribution in [0, 0.1) is 11.6 Å². The maximum absolute atomic E-state index is 13.1. The summed E-state index contributed by atoms with van der Waals surface area (Å²) in [6, 6.07) is 2.97. The van der Waals surface area contributed by atoms with Crippen molar-refractivity contribution in [1.29, 1.82) is 0 Å². The molecule has 1 nitrogen and oxygen atoms in total. The molecule has 0 spiro atoms. The topological polar surface area (TPSA) is 26.0 Å². The van der Waals surface area contributed by atoms with Gasteiger partial charge < -0.3 is 5.73 Å². The minimum atomic E-state index is -0.442. The number of hydrogen-bond donors (Lipinski definition) is 1. The van der Waals surface area contributed by atoms with Gasteiger partial charge in [-0.25, -0.2) is 8.78 Å². The van der Waals surface area contributed by atoms with Crippen LogP contribution >= 0.6 is 12.4 Å². The maximum Gasteiger partial charge on any atom is 0.128 e. The summed E-state index contributed by atoms with van der Waals surface area (Å²) < 4.78 is 25.8. The highest BCUT2D eigenvalue weighted by Gasteiger charge is 2.10. The molecule has 0 heterocycles. The molecule has 2 N–H and O–H groups in total. The first-order valence-electron chi connectivity index (χ1n) is 4.35. The molecule has 0 saturated carbocycles. The lowest BCUT2D eigenvalue weighted by Gasteiger charge is -2.11. The van der Waals surface area contributed by atoms with E-state index in [1.54, 1.807) is 0 Å². The Labute approximate surface area is 88.7 Å². The lowest BCUT2D eigenvalue weighted by Crippen LogP contribution is -2.11.